The molecule has 0 fully saturated rings. The Morgan fingerprint density at radius 2 is 2.06 bits per heavy atom. The maximum absolute atomic E-state index is 11.4. The lowest BCUT2D eigenvalue weighted by Gasteiger charge is -2.15. The number of benzene rings is 1. The SMILES string of the molecule is O=C1CCc2ccc(Oc3cccs3)cc2C1. The van der Waals surface area contributed by atoms with Crippen molar-refractivity contribution in [1.82, 2.24) is 0 Å². The van der Waals surface area contributed by atoms with Crippen LogP contribution < -0.4 is 4.74 Å². The fourth-order valence-electron chi connectivity index (χ4n) is 2.09. The van der Waals surface area contributed by atoms with Crippen molar-refractivity contribution in [3.8, 4) is 10.8 Å². The molecule has 0 bridgehead atoms. The number of hydrogen-bond donors (Lipinski definition) is 0. The molecule has 86 valence electrons. The third-order valence-electron chi connectivity index (χ3n) is 2.95. The molecule has 17 heavy (non-hydrogen) atoms. The maximum atomic E-state index is 11.4. The van der Waals surface area contributed by atoms with Gasteiger partial charge in [-0.05, 0) is 47.2 Å². The van der Waals surface area contributed by atoms with Crippen molar-refractivity contribution >= 4 is 17.1 Å². The minimum atomic E-state index is 0.325. The fourth-order valence-corrected chi connectivity index (χ4v) is 2.68. The van der Waals surface area contributed by atoms with E-state index in [0.717, 1.165) is 22.8 Å². The number of fused-ring (bicyclic) bond motifs is 1. The van der Waals surface area contributed by atoms with E-state index in [2.05, 4.69) is 6.07 Å². The van der Waals surface area contributed by atoms with Crippen LogP contribution in [0.5, 0.6) is 10.8 Å². The summed E-state index contributed by atoms with van der Waals surface area (Å²) < 4.78 is 5.73. The molecule has 0 unspecified atom stereocenters. The van der Waals surface area contributed by atoms with Gasteiger partial charge in [-0.15, -0.1) is 11.3 Å². The average Bonchev–Trinajstić information content (AvgIpc) is 2.81. The van der Waals surface area contributed by atoms with Crippen LogP contribution in [0, 0.1) is 0 Å². The van der Waals surface area contributed by atoms with E-state index in [1.54, 1.807) is 11.3 Å². The maximum Gasteiger partial charge on any atom is 0.180 e. The molecule has 3 rings (SSSR count). The van der Waals surface area contributed by atoms with E-state index in [1.807, 2.05) is 29.6 Å². The normalized spacial score (nSPS) is 14.5. The first-order chi connectivity index (χ1) is 8.31. The van der Waals surface area contributed by atoms with Gasteiger partial charge in [0.1, 0.15) is 11.5 Å². The summed E-state index contributed by atoms with van der Waals surface area (Å²) in [4.78, 5) is 11.4. The Bertz CT molecular complexity index is 543. The highest BCUT2D eigenvalue weighted by molar-refractivity contribution is 7.11. The number of ketones is 1. The van der Waals surface area contributed by atoms with E-state index in [1.165, 1.54) is 5.56 Å². The third kappa shape index (κ3) is 2.24. The van der Waals surface area contributed by atoms with Crippen molar-refractivity contribution in [2.75, 3.05) is 0 Å². The van der Waals surface area contributed by atoms with E-state index in [9.17, 15) is 4.79 Å². The molecule has 1 aliphatic rings. The quantitative estimate of drug-likeness (QED) is 0.806. The van der Waals surface area contributed by atoms with Crippen molar-refractivity contribution in [3.05, 3.63) is 46.8 Å². The lowest BCUT2D eigenvalue weighted by Crippen LogP contribution is -2.12. The summed E-state index contributed by atoms with van der Waals surface area (Å²) in [6.07, 6.45) is 2.10. The van der Waals surface area contributed by atoms with Crippen LogP contribution in [0.3, 0.4) is 0 Å². The van der Waals surface area contributed by atoms with Crippen LogP contribution in [0.15, 0.2) is 35.7 Å². The van der Waals surface area contributed by atoms with Gasteiger partial charge in [0.2, 0.25) is 0 Å². The van der Waals surface area contributed by atoms with Gasteiger partial charge in [0.05, 0.1) is 0 Å². The van der Waals surface area contributed by atoms with Gasteiger partial charge >= 0.3 is 0 Å². The second-order valence-corrected chi connectivity index (χ2v) is 5.09. The Morgan fingerprint density at radius 1 is 1.12 bits per heavy atom. The first-order valence-corrected chi connectivity index (χ1v) is 6.54. The van der Waals surface area contributed by atoms with Crippen LogP contribution in [0.1, 0.15) is 17.5 Å². The van der Waals surface area contributed by atoms with Crippen molar-refractivity contribution in [3.63, 3.8) is 0 Å². The van der Waals surface area contributed by atoms with Crippen LogP contribution in [0.25, 0.3) is 0 Å². The molecule has 0 N–H and O–H groups in total. The molecule has 3 heteroatoms. The van der Waals surface area contributed by atoms with Gasteiger partial charge in [0.25, 0.3) is 0 Å². The summed E-state index contributed by atoms with van der Waals surface area (Å²) in [5.41, 5.74) is 2.40. The van der Waals surface area contributed by atoms with Gasteiger partial charge in [-0.3, -0.25) is 4.79 Å². The first-order valence-electron chi connectivity index (χ1n) is 5.66. The highest BCUT2D eigenvalue weighted by atomic mass is 32.1. The summed E-state index contributed by atoms with van der Waals surface area (Å²) in [6, 6.07) is 9.95. The Labute approximate surface area is 104 Å². The van der Waals surface area contributed by atoms with Gasteiger partial charge in [0.15, 0.2) is 5.06 Å². The molecule has 0 saturated heterocycles. The zero-order valence-corrected chi connectivity index (χ0v) is 10.1. The monoisotopic (exact) mass is 244 g/mol. The summed E-state index contributed by atoms with van der Waals surface area (Å²) in [5, 5.41) is 2.86. The van der Waals surface area contributed by atoms with Crippen LogP contribution in [-0.2, 0) is 17.6 Å². The Kier molecular flexibility index (Phi) is 2.69. The number of carbonyl (C=O) groups excluding carboxylic acids is 1. The van der Waals surface area contributed by atoms with E-state index >= 15 is 0 Å². The van der Waals surface area contributed by atoms with Crippen LogP contribution in [-0.4, -0.2) is 5.78 Å². The van der Waals surface area contributed by atoms with Gasteiger partial charge in [-0.2, -0.15) is 0 Å². The summed E-state index contributed by atoms with van der Waals surface area (Å²) in [7, 11) is 0. The summed E-state index contributed by atoms with van der Waals surface area (Å²) in [6.45, 7) is 0. The van der Waals surface area contributed by atoms with Crippen molar-refractivity contribution in [2.24, 2.45) is 0 Å². The molecule has 1 aromatic heterocycles. The van der Waals surface area contributed by atoms with E-state index < -0.39 is 0 Å². The Hall–Kier alpha value is -1.61. The highest BCUT2D eigenvalue weighted by Gasteiger charge is 2.16. The lowest BCUT2D eigenvalue weighted by atomic mass is 9.91. The minimum absolute atomic E-state index is 0.325. The van der Waals surface area contributed by atoms with E-state index in [0.29, 0.717) is 18.6 Å². The second kappa shape index (κ2) is 4.34. The molecular formula is C14H12O2S. The zero-order chi connectivity index (χ0) is 11.7. The molecule has 0 saturated carbocycles. The molecule has 2 aromatic rings. The van der Waals surface area contributed by atoms with Crippen LogP contribution in [0.2, 0.25) is 0 Å². The first kappa shape index (κ1) is 10.5. The molecule has 1 aliphatic carbocycles. The molecule has 0 amide bonds. The number of ether oxygens (including phenoxy) is 1. The molecule has 0 atom stereocenters. The standard InChI is InChI=1S/C14H12O2S/c15-12-5-3-10-4-6-13(9-11(10)8-12)16-14-2-1-7-17-14/h1-2,4,6-7,9H,3,5,8H2. The van der Waals surface area contributed by atoms with Crippen LogP contribution >= 0.6 is 11.3 Å². The molecule has 1 heterocycles. The number of thiophene rings is 1. The zero-order valence-electron chi connectivity index (χ0n) is 9.31. The highest BCUT2D eigenvalue weighted by Crippen LogP contribution is 2.29. The molecule has 0 spiro atoms. The number of hydrogen-bond acceptors (Lipinski definition) is 3. The lowest BCUT2D eigenvalue weighted by molar-refractivity contribution is -0.118. The predicted octanol–water partition coefficient (Wildman–Crippen LogP) is 3.60. The number of aryl methyl sites for hydroxylation is 1. The molecular weight excluding hydrogens is 232 g/mol. The van der Waals surface area contributed by atoms with Gasteiger partial charge in [0, 0.05) is 12.8 Å². The van der Waals surface area contributed by atoms with Crippen molar-refractivity contribution in [2.45, 2.75) is 19.3 Å². The predicted molar refractivity (Wildman–Crippen MR) is 67.9 cm³/mol. The molecule has 2 nitrogen and oxygen atoms in total. The number of Topliss-reactive ketones (excluding diaryl/α,β-unsaturated/α-hetero) is 1. The topological polar surface area (TPSA) is 26.3 Å². The van der Waals surface area contributed by atoms with Gasteiger partial charge in [-0.25, -0.2) is 0 Å². The second-order valence-electron chi connectivity index (χ2n) is 4.18. The van der Waals surface area contributed by atoms with Gasteiger partial charge < -0.3 is 4.74 Å². The molecule has 0 aliphatic heterocycles. The number of carbonyl (C=O) groups is 1. The molecule has 1 aromatic carbocycles. The minimum Gasteiger partial charge on any atom is -0.447 e. The largest absolute Gasteiger partial charge is 0.447 e. The van der Waals surface area contributed by atoms with E-state index in [-0.39, 0.29) is 0 Å². The van der Waals surface area contributed by atoms with Crippen LogP contribution in [0.4, 0.5) is 0 Å². The van der Waals surface area contributed by atoms with Crippen molar-refractivity contribution < 1.29 is 9.53 Å². The van der Waals surface area contributed by atoms with Crippen molar-refractivity contribution in [1.29, 1.82) is 0 Å². The number of rotatable bonds is 2. The third-order valence-corrected chi connectivity index (χ3v) is 3.70. The summed E-state index contributed by atoms with van der Waals surface area (Å²) in [5.74, 6) is 1.15. The molecule has 0 radical (unpaired) electrons. The van der Waals surface area contributed by atoms with Gasteiger partial charge in [-0.1, -0.05) is 6.07 Å². The Balaban J connectivity index is 1.87. The fraction of sp³-hybridized carbons (Fsp3) is 0.214. The Morgan fingerprint density at radius 3 is 2.88 bits per heavy atom. The van der Waals surface area contributed by atoms with E-state index in [4.69, 9.17) is 4.74 Å². The average molecular weight is 244 g/mol. The smallest absolute Gasteiger partial charge is 0.180 e. The summed E-state index contributed by atoms with van der Waals surface area (Å²) >= 11 is 1.57.